The van der Waals surface area contributed by atoms with E-state index in [4.69, 9.17) is 0 Å². The van der Waals surface area contributed by atoms with E-state index < -0.39 is 0 Å². The van der Waals surface area contributed by atoms with Crippen LogP contribution < -0.4 is 5.32 Å². The Morgan fingerprint density at radius 3 is 2.33 bits per heavy atom. The first kappa shape index (κ1) is 13.3. The van der Waals surface area contributed by atoms with Crippen LogP contribution in [-0.4, -0.2) is 5.91 Å². The third-order valence-electron chi connectivity index (χ3n) is 2.48. The van der Waals surface area contributed by atoms with Crippen molar-refractivity contribution in [3.8, 4) is 0 Å². The number of hydrogen-bond acceptors (Lipinski definition) is 1. The Bertz CT molecular complexity index is 579. The van der Waals surface area contributed by atoms with Gasteiger partial charge in [-0.25, -0.2) is 0 Å². The number of hydrogen-bond donors (Lipinski definition) is 1. The molecule has 4 heteroatoms. The van der Waals surface area contributed by atoms with Crippen LogP contribution >= 0.6 is 31.9 Å². The molecule has 0 unspecified atom stereocenters. The van der Waals surface area contributed by atoms with Crippen molar-refractivity contribution >= 4 is 43.5 Å². The van der Waals surface area contributed by atoms with Gasteiger partial charge in [-0.05, 0) is 64.8 Å². The first-order valence-corrected chi connectivity index (χ1v) is 6.98. The van der Waals surface area contributed by atoms with Crippen LogP contribution in [0.3, 0.4) is 0 Å². The summed E-state index contributed by atoms with van der Waals surface area (Å²) in [6.45, 7) is 2.01. The molecule has 1 amide bonds. The number of benzene rings is 2. The Hall–Kier alpha value is -1.13. The molecule has 0 bridgehead atoms. The average molecular weight is 369 g/mol. The number of rotatable bonds is 2. The van der Waals surface area contributed by atoms with Gasteiger partial charge in [0.25, 0.3) is 5.91 Å². The van der Waals surface area contributed by atoms with E-state index in [1.54, 1.807) is 12.1 Å². The van der Waals surface area contributed by atoms with Crippen LogP contribution in [0.2, 0.25) is 0 Å². The van der Waals surface area contributed by atoms with Crippen molar-refractivity contribution in [2.45, 2.75) is 6.92 Å². The molecule has 1 N–H and O–H groups in total. The maximum Gasteiger partial charge on any atom is 0.255 e. The summed E-state index contributed by atoms with van der Waals surface area (Å²) in [5.41, 5.74) is 2.54. The van der Waals surface area contributed by atoms with E-state index in [2.05, 4.69) is 37.2 Å². The predicted octanol–water partition coefficient (Wildman–Crippen LogP) is 4.77. The van der Waals surface area contributed by atoms with Gasteiger partial charge >= 0.3 is 0 Å². The molecule has 2 rings (SSSR count). The maximum atomic E-state index is 12.0. The predicted molar refractivity (Wildman–Crippen MR) is 81.0 cm³/mol. The molecule has 0 radical (unpaired) electrons. The molecule has 0 fully saturated rings. The molecule has 0 aliphatic heterocycles. The SMILES string of the molecule is Cc1ccc(NC(=O)c2ccc(Br)cc2)c(Br)c1. The van der Waals surface area contributed by atoms with Crippen LogP contribution in [0.4, 0.5) is 5.69 Å². The molecule has 92 valence electrons. The summed E-state index contributed by atoms with van der Waals surface area (Å²) in [5, 5.41) is 2.87. The van der Waals surface area contributed by atoms with Crippen LogP contribution in [0.15, 0.2) is 51.4 Å². The number of aryl methyl sites for hydroxylation is 1. The fraction of sp³-hybridized carbons (Fsp3) is 0.0714. The van der Waals surface area contributed by atoms with Crippen molar-refractivity contribution < 1.29 is 4.79 Å². The van der Waals surface area contributed by atoms with Crippen molar-refractivity contribution in [1.82, 2.24) is 0 Å². The summed E-state index contributed by atoms with van der Waals surface area (Å²) in [6.07, 6.45) is 0. The van der Waals surface area contributed by atoms with Gasteiger partial charge in [0.2, 0.25) is 0 Å². The van der Waals surface area contributed by atoms with E-state index in [1.807, 2.05) is 37.3 Å². The minimum Gasteiger partial charge on any atom is -0.321 e. The van der Waals surface area contributed by atoms with Crippen molar-refractivity contribution in [3.05, 3.63) is 62.5 Å². The average Bonchev–Trinajstić information content (AvgIpc) is 2.33. The lowest BCUT2D eigenvalue weighted by Crippen LogP contribution is -2.12. The highest BCUT2D eigenvalue weighted by atomic mass is 79.9. The summed E-state index contributed by atoms with van der Waals surface area (Å²) >= 11 is 6.78. The lowest BCUT2D eigenvalue weighted by molar-refractivity contribution is 0.102. The molecule has 0 spiro atoms. The quantitative estimate of drug-likeness (QED) is 0.812. The number of anilines is 1. The van der Waals surface area contributed by atoms with Crippen LogP contribution in [0.1, 0.15) is 15.9 Å². The molecule has 0 atom stereocenters. The van der Waals surface area contributed by atoms with Crippen molar-refractivity contribution in [1.29, 1.82) is 0 Å². The first-order valence-electron chi connectivity index (χ1n) is 5.39. The Kier molecular flexibility index (Phi) is 4.19. The van der Waals surface area contributed by atoms with E-state index in [9.17, 15) is 4.79 Å². The topological polar surface area (TPSA) is 29.1 Å². The molecule has 0 aliphatic carbocycles. The zero-order valence-electron chi connectivity index (χ0n) is 9.71. The van der Waals surface area contributed by atoms with Crippen molar-refractivity contribution in [2.75, 3.05) is 5.32 Å². The van der Waals surface area contributed by atoms with Crippen molar-refractivity contribution in [2.24, 2.45) is 0 Å². The number of carbonyl (C=O) groups excluding carboxylic acids is 1. The van der Waals surface area contributed by atoms with Crippen molar-refractivity contribution in [3.63, 3.8) is 0 Å². The normalized spacial score (nSPS) is 10.2. The molecule has 0 aliphatic rings. The van der Waals surface area contributed by atoms with Gasteiger partial charge in [-0.3, -0.25) is 4.79 Å². The van der Waals surface area contributed by atoms with E-state index in [0.29, 0.717) is 5.56 Å². The summed E-state index contributed by atoms with van der Waals surface area (Å²) in [6, 6.07) is 13.1. The largest absolute Gasteiger partial charge is 0.321 e. The van der Waals surface area contributed by atoms with Gasteiger partial charge in [0, 0.05) is 14.5 Å². The molecule has 0 saturated heterocycles. The minimum atomic E-state index is -0.118. The Morgan fingerprint density at radius 2 is 1.72 bits per heavy atom. The highest BCUT2D eigenvalue weighted by Crippen LogP contribution is 2.24. The third kappa shape index (κ3) is 3.21. The highest BCUT2D eigenvalue weighted by Gasteiger charge is 2.07. The molecule has 2 aromatic carbocycles. The Labute approximate surface area is 123 Å². The van der Waals surface area contributed by atoms with Crippen LogP contribution in [0, 0.1) is 6.92 Å². The minimum absolute atomic E-state index is 0.118. The number of halogens is 2. The van der Waals surface area contributed by atoms with E-state index >= 15 is 0 Å². The summed E-state index contributed by atoms with van der Waals surface area (Å²) < 4.78 is 1.84. The Morgan fingerprint density at radius 1 is 1.06 bits per heavy atom. The van der Waals surface area contributed by atoms with Gasteiger partial charge in [0.1, 0.15) is 0 Å². The van der Waals surface area contributed by atoms with Gasteiger partial charge in [0.15, 0.2) is 0 Å². The van der Waals surface area contributed by atoms with E-state index in [-0.39, 0.29) is 5.91 Å². The molecule has 2 aromatic rings. The zero-order chi connectivity index (χ0) is 13.1. The van der Waals surface area contributed by atoms with E-state index in [0.717, 1.165) is 20.2 Å². The third-order valence-corrected chi connectivity index (χ3v) is 3.66. The lowest BCUT2D eigenvalue weighted by Gasteiger charge is -2.08. The monoisotopic (exact) mass is 367 g/mol. The summed E-state index contributed by atoms with van der Waals surface area (Å²) in [5.74, 6) is -0.118. The number of amides is 1. The summed E-state index contributed by atoms with van der Waals surface area (Å²) in [4.78, 5) is 12.0. The van der Waals surface area contributed by atoms with Gasteiger partial charge in [-0.1, -0.05) is 22.0 Å². The molecular formula is C14H11Br2NO. The molecule has 0 aromatic heterocycles. The summed E-state index contributed by atoms with van der Waals surface area (Å²) in [7, 11) is 0. The molecule has 2 nitrogen and oxygen atoms in total. The standard InChI is InChI=1S/C14H11Br2NO/c1-9-2-7-13(12(16)8-9)17-14(18)10-3-5-11(15)6-4-10/h2-8H,1H3,(H,17,18). The molecule has 0 saturated carbocycles. The van der Waals surface area contributed by atoms with Gasteiger partial charge in [-0.15, -0.1) is 0 Å². The van der Waals surface area contributed by atoms with Gasteiger partial charge in [-0.2, -0.15) is 0 Å². The second-order valence-corrected chi connectivity index (χ2v) is 5.71. The van der Waals surface area contributed by atoms with Crippen LogP contribution in [-0.2, 0) is 0 Å². The van der Waals surface area contributed by atoms with Gasteiger partial charge < -0.3 is 5.32 Å². The van der Waals surface area contributed by atoms with Crippen LogP contribution in [0.25, 0.3) is 0 Å². The second kappa shape index (κ2) is 5.67. The zero-order valence-corrected chi connectivity index (χ0v) is 12.9. The number of carbonyl (C=O) groups is 1. The van der Waals surface area contributed by atoms with Crippen LogP contribution in [0.5, 0.6) is 0 Å². The molecular weight excluding hydrogens is 358 g/mol. The highest BCUT2D eigenvalue weighted by molar-refractivity contribution is 9.10. The smallest absolute Gasteiger partial charge is 0.255 e. The van der Waals surface area contributed by atoms with E-state index in [1.165, 1.54) is 0 Å². The fourth-order valence-electron chi connectivity index (χ4n) is 1.52. The molecule has 18 heavy (non-hydrogen) atoms. The molecule has 0 heterocycles. The Balaban J connectivity index is 2.18. The fourth-order valence-corrected chi connectivity index (χ4v) is 2.37. The lowest BCUT2D eigenvalue weighted by atomic mass is 10.2. The van der Waals surface area contributed by atoms with Gasteiger partial charge in [0.05, 0.1) is 5.69 Å². The number of nitrogens with one attached hydrogen (secondary N) is 1. The second-order valence-electron chi connectivity index (χ2n) is 3.94. The maximum absolute atomic E-state index is 12.0. The first-order chi connectivity index (χ1) is 8.56.